The largest absolute Gasteiger partial charge is 0.454 e. The molecule has 1 aliphatic heterocycles. The third-order valence-corrected chi connectivity index (χ3v) is 7.67. The average Bonchev–Trinajstić information content (AvgIpc) is 3.59. The van der Waals surface area contributed by atoms with Crippen LogP contribution >= 0.6 is 11.6 Å². The van der Waals surface area contributed by atoms with E-state index in [4.69, 9.17) is 20.8 Å². The highest BCUT2D eigenvalue weighted by atomic mass is 35.5. The molecular formula is C29H28ClN3O3. The van der Waals surface area contributed by atoms with Gasteiger partial charge in [-0.3, -0.25) is 14.7 Å². The van der Waals surface area contributed by atoms with Gasteiger partial charge in [0.05, 0.1) is 13.2 Å². The van der Waals surface area contributed by atoms with Gasteiger partial charge < -0.3 is 14.1 Å². The van der Waals surface area contributed by atoms with Gasteiger partial charge in [-0.2, -0.15) is 0 Å². The van der Waals surface area contributed by atoms with Crippen LogP contribution in [0.5, 0.6) is 0 Å². The molecule has 7 heteroatoms. The van der Waals surface area contributed by atoms with Gasteiger partial charge >= 0.3 is 0 Å². The lowest BCUT2D eigenvalue weighted by atomic mass is 9.98. The van der Waals surface area contributed by atoms with Crippen molar-refractivity contribution < 1.29 is 13.9 Å². The lowest BCUT2D eigenvalue weighted by molar-refractivity contribution is 0.00837. The first-order chi connectivity index (χ1) is 17.5. The van der Waals surface area contributed by atoms with Crippen LogP contribution in [0.25, 0.3) is 33.6 Å². The molecule has 0 N–H and O–H groups in total. The maximum atomic E-state index is 12.2. The summed E-state index contributed by atoms with van der Waals surface area (Å²) in [4.78, 5) is 20.8. The zero-order chi connectivity index (χ0) is 24.9. The zero-order valence-electron chi connectivity index (χ0n) is 20.5. The van der Waals surface area contributed by atoms with Gasteiger partial charge in [0, 0.05) is 66.7 Å². The molecule has 0 spiro atoms. The number of morpholine rings is 1. The number of hydrogen-bond acceptors (Lipinski definition) is 5. The fourth-order valence-electron chi connectivity index (χ4n) is 5.27. The van der Waals surface area contributed by atoms with Crippen molar-refractivity contribution in [1.29, 1.82) is 0 Å². The summed E-state index contributed by atoms with van der Waals surface area (Å²) in [5.74, 6) is 0.679. The van der Waals surface area contributed by atoms with E-state index in [2.05, 4.69) is 28.1 Å². The van der Waals surface area contributed by atoms with E-state index >= 15 is 0 Å². The van der Waals surface area contributed by atoms with Crippen LogP contribution in [0.4, 0.5) is 0 Å². The second-order valence-electron chi connectivity index (χ2n) is 9.79. The van der Waals surface area contributed by atoms with E-state index in [1.54, 1.807) is 25.2 Å². The number of carbonyl (C=O) groups is 1. The number of amides is 1. The van der Waals surface area contributed by atoms with E-state index in [0.29, 0.717) is 11.3 Å². The summed E-state index contributed by atoms with van der Waals surface area (Å²) in [6.07, 6.45) is 4.06. The van der Waals surface area contributed by atoms with Crippen molar-refractivity contribution in [1.82, 2.24) is 14.8 Å². The van der Waals surface area contributed by atoms with Gasteiger partial charge in [0.1, 0.15) is 11.3 Å². The molecule has 184 valence electrons. The molecule has 1 aliphatic carbocycles. The Morgan fingerprint density at radius 2 is 1.72 bits per heavy atom. The Morgan fingerprint density at radius 3 is 2.39 bits per heavy atom. The van der Waals surface area contributed by atoms with Crippen molar-refractivity contribution in [2.24, 2.45) is 0 Å². The number of pyridine rings is 1. The quantitative estimate of drug-likeness (QED) is 0.344. The SMILES string of the molecule is CN(C)C(=O)c1ccc(-c2cc3nccc(-c4ccc(C5(N6CCOCC6)CC5)c(Cl)c4)c3o2)cc1. The monoisotopic (exact) mass is 501 g/mol. The topological polar surface area (TPSA) is 58.8 Å². The summed E-state index contributed by atoms with van der Waals surface area (Å²) in [5.41, 5.74) is 6.24. The van der Waals surface area contributed by atoms with E-state index in [1.807, 2.05) is 36.4 Å². The smallest absolute Gasteiger partial charge is 0.253 e. The van der Waals surface area contributed by atoms with Gasteiger partial charge in [0.2, 0.25) is 0 Å². The minimum atomic E-state index is -0.0305. The Kier molecular flexibility index (Phi) is 5.83. The van der Waals surface area contributed by atoms with Crippen LogP contribution in [-0.2, 0) is 10.3 Å². The Labute approximate surface area is 215 Å². The van der Waals surface area contributed by atoms with E-state index in [0.717, 1.165) is 72.0 Å². The lowest BCUT2D eigenvalue weighted by Gasteiger charge is -2.35. The van der Waals surface area contributed by atoms with Crippen LogP contribution in [0.2, 0.25) is 5.02 Å². The first-order valence-electron chi connectivity index (χ1n) is 12.3. The summed E-state index contributed by atoms with van der Waals surface area (Å²) < 4.78 is 11.9. The number of benzene rings is 2. The van der Waals surface area contributed by atoms with Gasteiger partial charge in [-0.05, 0) is 48.2 Å². The van der Waals surface area contributed by atoms with Crippen molar-refractivity contribution in [3.05, 3.63) is 76.9 Å². The number of hydrogen-bond donors (Lipinski definition) is 0. The maximum absolute atomic E-state index is 12.2. The van der Waals surface area contributed by atoms with Gasteiger partial charge in [-0.15, -0.1) is 0 Å². The second kappa shape index (κ2) is 9.04. The van der Waals surface area contributed by atoms with E-state index in [-0.39, 0.29) is 11.4 Å². The standard InChI is InChI=1S/C29H28ClN3O3/c1-32(2)28(34)20-5-3-19(4-6-20)26-18-25-27(36-26)22(9-12-31-25)21-7-8-23(24(30)17-21)29(10-11-29)33-13-15-35-16-14-33/h3-9,12,17-18H,10-11,13-16H2,1-2H3. The fraction of sp³-hybridized carbons (Fsp3) is 0.310. The molecule has 3 heterocycles. The average molecular weight is 502 g/mol. The lowest BCUT2D eigenvalue weighted by Crippen LogP contribution is -2.43. The molecule has 2 aromatic heterocycles. The van der Waals surface area contributed by atoms with Gasteiger partial charge in [0.25, 0.3) is 5.91 Å². The Hall–Kier alpha value is -3.19. The highest BCUT2D eigenvalue weighted by Crippen LogP contribution is 2.53. The molecule has 1 amide bonds. The molecule has 4 aromatic rings. The van der Waals surface area contributed by atoms with Crippen molar-refractivity contribution in [3.63, 3.8) is 0 Å². The molecule has 36 heavy (non-hydrogen) atoms. The Balaban J connectivity index is 1.32. The van der Waals surface area contributed by atoms with Crippen molar-refractivity contribution in [2.75, 3.05) is 40.4 Å². The number of aromatic nitrogens is 1. The zero-order valence-corrected chi connectivity index (χ0v) is 21.2. The Morgan fingerprint density at radius 1 is 1.00 bits per heavy atom. The molecule has 1 saturated carbocycles. The van der Waals surface area contributed by atoms with Crippen LogP contribution in [0, 0.1) is 0 Å². The molecule has 2 fully saturated rings. The van der Waals surface area contributed by atoms with Crippen LogP contribution in [-0.4, -0.2) is 61.1 Å². The number of rotatable bonds is 5. The molecular weight excluding hydrogens is 474 g/mol. The van der Waals surface area contributed by atoms with Gasteiger partial charge in [-0.25, -0.2) is 0 Å². The number of ether oxygens (including phenoxy) is 1. The summed E-state index contributed by atoms with van der Waals surface area (Å²) >= 11 is 6.90. The molecule has 2 aromatic carbocycles. The summed E-state index contributed by atoms with van der Waals surface area (Å²) in [7, 11) is 3.49. The summed E-state index contributed by atoms with van der Waals surface area (Å²) in [6, 6.07) is 17.7. The number of halogens is 1. The van der Waals surface area contributed by atoms with Crippen molar-refractivity contribution in [3.8, 4) is 22.5 Å². The minimum Gasteiger partial charge on any atom is -0.454 e. The number of fused-ring (bicyclic) bond motifs is 1. The van der Waals surface area contributed by atoms with Crippen LogP contribution < -0.4 is 0 Å². The van der Waals surface area contributed by atoms with Crippen LogP contribution in [0.15, 0.2) is 65.2 Å². The van der Waals surface area contributed by atoms with E-state index in [9.17, 15) is 4.79 Å². The molecule has 2 aliphatic rings. The second-order valence-corrected chi connectivity index (χ2v) is 10.2. The highest BCUT2D eigenvalue weighted by Gasteiger charge is 2.50. The molecule has 6 rings (SSSR count). The van der Waals surface area contributed by atoms with Crippen LogP contribution in [0.3, 0.4) is 0 Å². The van der Waals surface area contributed by atoms with Crippen molar-refractivity contribution >= 4 is 28.6 Å². The van der Waals surface area contributed by atoms with Crippen molar-refractivity contribution in [2.45, 2.75) is 18.4 Å². The number of carbonyl (C=O) groups excluding carboxylic acids is 1. The molecule has 6 nitrogen and oxygen atoms in total. The van der Waals surface area contributed by atoms with Gasteiger partial charge in [-0.1, -0.05) is 35.9 Å². The molecule has 0 bridgehead atoms. The van der Waals surface area contributed by atoms with Crippen LogP contribution in [0.1, 0.15) is 28.8 Å². The molecule has 0 atom stereocenters. The molecule has 0 unspecified atom stereocenters. The van der Waals surface area contributed by atoms with E-state index < -0.39 is 0 Å². The fourth-order valence-corrected chi connectivity index (χ4v) is 5.63. The first kappa shape index (κ1) is 23.2. The minimum absolute atomic E-state index is 0.0305. The predicted octanol–water partition coefficient (Wildman–Crippen LogP) is 5.84. The molecule has 0 radical (unpaired) electrons. The first-order valence-corrected chi connectivity index (χ1v) is 12.7. The normalized spacial score (nSPS) is 17.3. The summed E-state index contributed by atoms with van der Waals surface area (Å²) in [6.45, 7) is 3.45. The third kappa shape index (κ3) is 3.99. The number of furan rings is 1. The third-order valence-electron chi connectivity index (χ3n) is 7.36. The number of nitrogens with zero attached hydrogens (tertiary/aromatic N) is 3. The maximum Gasteiger partial charge on any atom is 0.253 e. The predicted molar refractivity (Wildman–Crippen MR) is 141 cm³/mol. The summed E-state index contributed by atoms with van der Waals surface area (Å²) in [5, 5.41) is 0.786. The van der Waals surface area contributed by atoms with E-state index in [1.165, 1.54) is 5.56 Å². The Bertz CT molecular complexity index is 1430. The molecule has 1 saturated heterocycles. The highest BCUT2D eigenvalue weighted by molar-refractivity contribution is 6.32. The van der Waals surface area contributed by atoms with Gasteiger partial charge in [0.15, 0.2) is 5.58 Å².